The summed E-state index contributed by atoms with van der Waals surface area (Å²) in [6.07, 6.45) is 2.91. The van der Waals surface area contributed by atoms with Crippen molar-refractivity contribution in [2.24, 2.45) is 0 Å². The quantitative estimate of drug-likeness (QED) is 0.529. The molecule has 1 aromatic heterocycles. The fourth-order valence-corrected chi connectivity index (χ4v) is 2.44. The summed E-state index contributed by atoms with van der Waals surface area (Å²) in [5.74, 6) is -0.101. The molecule has 3 heteroatoms. The minimum atomic E-state index is -0.101. The van der Waals surface area contributed by atoms with Crippen molar-refractivity contribution >= 4 is 27.7 Å². The molecule has 20 heavy (non-hydrogen) atoms. The van der Waals surface area contributed by atoms with Crippen LogP contribution in [0.15, 0.2) is 60.9 Å². The summed E-state index contributed by atoms with van der Waals surface area (Å²) in [4.78, 5) is 12.4. The lowest BCUT2D eigenvalue weighted by atomic mass is 10.2. The smallest absolute Gasteiger partial charge is 0.258 e. The molecule has 0 spiro atoms. The molecule has 0 aliphatic heterocycles. The van der Waals surface area contributed by atoms with E-state index >= 15 is 0 Å². The van der Waals surface area contributed by atoms with Crippen LogP contribution in [0.3, 0.4) is 0 Å². The second kappa shape index (κ2) is 5.21. The van der Waals surface area contributed by atoms with E-state index in [0.29, 0.717) is 6.61 Å². The third-order valence-electron chi connectivity index (χ3n) is 3.27. The molecule has 0 fully saturated rings. The highest BCUT2D eigenvalue weighted by Crippen LogP contribution is 2.28. The number of rotatable bonds is 3. The topological polar surface area (TPSA) is 31.2 Å². The van der Waals surface area contributed by atoms with E-state index < -0.39 is 0 Å². The van der Waals surface area contributed by atoms with Crippen molar-refractivity contribution in [3.05, 3.63) is 60.9 Å². The standard InChI is InChI=1S/C17H15NO2/c1-2-20-12-11-17(19)18-15-9-5-3-7-13(15)14-8-4-6-10-16(14)18/h3-12H,2H2,1H3. The van der Waals surface area contributed by atoms with Crippen LogP contribution in [-0.2, 0) is 4.74 Å². The molecule has 0 atom stereocenters. The van der Waals surface area contributed by atoms with Gasteiger partial charge in [-0.1, -0.05) is 36.4 Å². The van der Waals surface area contributed by atoms with Gasteiger partial charge in [0.05, 0.1) is 23.9 Å². The third kappa shape index (κ3) is 1.97. The molecule has 0 aliphatic rings. The highest BCUT2D eigenvalue weighted by Gasteiger charge is 2.13. The molecule has 0 aliphatic carbocycles. The van der Waals surface area contributed by atoms with E-state index in [9.17, 15) is 4.79 Å². The first-order valence-electron chi connectivity index (χ1n) is 6.63. The third-order valence-corrected chi connectivity index (χ3v) is 3.27. The molecule has 0 radical (unpaired) electrons. The summed E-state index contributed by atoms with van der Waals surface area (Å²) in [6, 6.07) is 15.8. The van der Waals surface area contributed by atoms with Gasteiger partial charge in [-0.15, -0.1) is 0 Å². The molecule has 0 unspecified atom stereocenters. The van der Waals surface area contributed by atoms with Gasteiger partial charge in [-0.25, -0.2) is 0 Å². The number of fused-ring (bicyclic) bond motifs is 3. The number of aromatic nitrogens is 1. The molecule has 0 amide bonds. The van der Waals surface area contributed by atoms with Gasteiger partial charge in [-0.3, -0.25) is 9.36 Å². The monoisotopic (exact) mass is 265 g/mol. The SMILES string of the molecule is CCOC=CC(=O)n1c2ccccc2c2ccccc21. The average Bonchev–Trinajstić information content (AvgIpc) is 2.82. The molecular weight excluding hydrogens is 250 g/mol. The number of benzene rings is 2. The molecule has 3 rings (SSSR count). The number of carbonyl (C=O) groups is 1. The van der Waals surface area contributed by atoms with Gasteiger partial charge in [-0.05, 0) is 19.1 Å². The number of carbonyl (C=O) groups excluding carboxylic acids is 1. The first-order chi connectivity index (χ1) is 9.83. The summed E-state index contributed by atoms with van der Waals surface area (Å²) in [6.45, 7) is 2.44. The summed E-state index contributed by atoms with van der Waals surface area (Å²) >= 11 is 0. The second-order valence-corrected chi connectivity index (χ2v) is 4.47. The van der Waals surface area contributed by atoms with Crippen molar-refractivity contribution < 1.29 is 9.53 Å². The minimum Gasteiger partial charge on any atom is -0.501 e. The highest BCUT2D eigenvalue weighted by molar-refractivity contribution is 6.14. The zero-order valence-corrected chi connectivity index (χ0v) is 11.2. The van der Waals surface area contributed by atoms with E-state index in [1.807, 2.05) is 55.5 Å². The van der Waals surface area contributed by atoms with E-state index in [4.69, 9.17) is 4.74 Å². The first-order valence-corrected chi connectivity index (χ1v) is 6.63. The van der Waals surface area contributed by atoms with Crippen molar-refractivity contribution in [2.45, 2.75) is 6.92 Å². The van der Waals surface area contributed by atoms with Gasteiger partial charge in [-0.2, -0.15) is 0 Å². The van der Waals surface area contributed by atoms with Gasteiger partial charge in [0, 0.05) is 16.8 Å². The van der Waals surface area contributed by atoms with Crippen LogP contribution in [0.5, 0.6) is 0 Å². The van der Waals surface area contributed by atoms with E-state index in [-0.39, 0.29) is 5.91 Å². The lowest BCUT2D eigenvalue weighted by Gasteiger charge is -2.02. The molecule has 3 nitrogen and oxygen atoms in total. The predicted octanol–water partition coefficient (Wildman–Crippen LogP) is 3.98. The van der Waals surface area contributed by atoms with E-state index in [1.54, 1.807) is 4.57 Å². The molecule has 1 heterocycles. The Kier molecular flexibility index (Phi) is 3.25. The fraction of sp³-hybridized carbons (Fsp3) is 0.118. The number of allylic oxidation sites excluding steroid dienone is 1. The second-order valence-electron chi connectivity index (χ2n) is 4.47. The zero-order chi connectivity index (χ0) is 13.9. The maximum Gasteiger partial charge on any atom is 0.258 e. The molecule has 0 saturated carbocycles. The van der Waals surface area contributed by atoms with Crippen molar-refractivity contribution in [2.75, 3.05) is 6.61 Å². The number of nitrogens with zero attached hydrogens (tertiary/aromatic N) is 1. The van der Waals surface area contributed by atoms with Crippen LogP contribution in [0.4, 0.5) is 0 Å². The lowest BCUT2D eigenvalue weighted by molar-refractivity contribution is 0.0974. The van der Waals surface area contributed by atoms with E-state index in [2.05, 4.69) is 0 Å². The minimum absolute atomic E-state index is 0.101. The molecule has 0 saturated heterocycles. The van der Waals surface area contributed by atoms with Crippen LogP contribution in [0.25, 0.3) is 21.8 Å². The Morgan fingerprint density at radius 3 is 2.15 bits per heavy atom. The summed E-state index contributed by atoms with van der Waals surface area (Å²) in [5, 5.41) is 2.17. The number of para-hydroxylation sites is 2. The van der Waals surface area contributed by atoms with Crippen LogP contribution in [-0.4, -0.2) is 17.1 Å². The molecule has 100 valence electrons. The highest BCUT2D eigenvalue weighted by atomic mass is 16.5. The number of ether oxygens (including phenoxy) is 1. The van der Waals surface area contributed by atoms with Crippen LogP contribution in [0, 0.1) is 0 Å². The van der Waals surface area contributed by atoms with E-state index in [1.165, 1.54) is 12.3 Å². The van der Waals surface area contributed by atoms with Gasteiger partial charge >= 0.3 is 0 Å². The molecule has 0 N–H and O–H groups in total. The Morgan fingerprint density at radius 1 is 1.05 bits per heavy atom. The maximum atomic E-state index is 12.4. The van der Waals surface area contributed by atoms with Crippen molar-refractivity contribution in [3.8, 4) is 0 Å². The van der Waals surface area contributed by atoms with Crippen LogP contribution < -0.4 is 0 Å². The Balaban J connectivity index is 2.24. The lowest BCUT2D eigenvalue weighted by Crippen LogP contribution is -2.06. The van der Waals surface area contributed by atoms with Crippen LogP contribution in [0.1, 0.15) is 11.7 Å². The maximum absolute atomic E-state index is 12.4. The average molecular weight is 265 g/mol. The summed E-state index contributed by atoms with van der Waals surface area (Å²) < 4.78 is 6.83. The van der Waals surface area contributed by atoms with Crippen molar-refractivity contribution in [3.63, 3.8) is 0 Å². The summed E-state index contributed by atoms with van der Waals surface area (Å²) in [5.41, 5.74) is 1.83. The largest absolute Gasteiger partial charge is 0.501 e. The zero-order valence-electron chi connectivity index (χ0n) is 11.2. The predicted molar refractivity (Wildman–Crippen MR) is 80.8 cm³/mol. The molecule has 0 bridgehead atoms. The normalized spacial score (nSPS) is 11.4. The van der Waals surface area contributed by atoms with Gasteiger partial charge in [0.25, 0.3) is 5.91 Å². The first kappa shape index (κ1) is 12.5. The Hall–Kier alpha value is -2.55. The van der Waals surface area contributed by atoms with Crippen LogP contribution in [0.2, 0.25) is 0 Å². The number of hydrogen-bond acceptors (Lipinski definition) is 2. The van der Waals surface area contributed by atoms with Crippen LogP contribution >= 0.6 is 0 Å². The van der Waals surface area contributed by atoms with Crippen molar-refractivity contribution in [1.82, 2.24) is 4.57 Å². The van der Waals surface area contributed by atoms with Gasteiger partial charge in [0.1, 0.15) is 0 Å². The van der Waals surface area contributed by atoms with Crippen molar-refractivity contribution in [1.29, 1.82) is 0 Å². The fourth-order valence-electron chi connectivity index (χ4n) is 2.44. The molecule has 3 aromatic rings. The van der Waals surface area contributed by atoms with Gasteiger partial charge < -0.3 is 4.74 Å². The molecule has 2 aromatic carbocycles. The number of hydrogen-bond donors (Lipinski definition) is 0. The Labute approximate surface area is 117 Å². The Morgan fingerprint density at radius 2 is 1.60 bits per heavy atom. The van der Waals surface area contributed by atoms with Gasteiger partial charge in [0.15, 0.2) is 0 Å². The molecular formula is C17H15NO2. The summed E-state index contributed by atoms with van der Waals surface area (Å²) in [7, 11) is 0. The van der Waals surface area contributed by atoms with Gasteiger partial charge in [0.2, 0.25) is 0 Å². The Bertz CT molecular complexity index is 746. The van der Waals surface area contributed by atoms with E-state index in [0.717, 1.165) is 21.8 Å².